The van der Waals surface area contributed by atoms with Crippen LogP contribution >= 0.6 is 0 Å². The molecular formula is C29H22N6O2. The zero-order valence-corrected chi connectivity index (χ0v) is 20.5. The fourth-order valence-electron chi connectivity index (χ4n) is 4.78. The highest BCUT2D eigenvalue weighted by Gasteiger charge is 2.19. The second-order valence-electron chi connectivity index (χ2n) is 8.58. The molecule has 6 aromatic rings. The molecule has 8 nitrogen and oxygen atoms in total. The number of hydrogen-bond donors (Lipinski definition) is 0. The summed E-state index contributed by atoms with van der Waals surface area (Å²) < 4.78 is 14.9. The van der Waals surface area contributed by atoms with E-state index in [1.54, 1.807) is 20.4 Å². The number of benzene rings is 3. The fraction of sp³-hybridized carbons (Fsp3) is 0.103. The zero-order valence-electron chi connectivity index (χ0n) is 20.5. The first kappa shape index (κ1) is 22.3. The fourth-order valence-corrected chi connectivity index (χ4v) is 4.78. The van der Waals surface area contributed by atoms with Gasteiger partial charge in [-0.25, -0.2) is 0 Å². The van der Waals surface area contributed by atoms with Gasteiger partial charge in [0.1, 0.15) is 11.5 Å². The van der Waals surface area contributed by atoms with E-state index in [0.29, 0.717) is 17.1 Å². The van der Waals surface area contributed by atoms with Crippen molar-refractivity contribution in [1.82, 2.24) is 19.1 Å². The SMILES string of the molecule is COc1ccc(-n2c(=NC#N)n(C)c3cnc4ccc(-c5cnc6ccccc6c5)cc4c32)c(OC)c1. The summed E-state index contributed by atoms with van der Waals surface area (Å²) in [6.45, 7) is 0. The molecule has 0 aliphatic heterocycles. The molecule has 0 spiro atoms. The smallest absolute Gasteiger partial charge is 0.226 e. The predicted molar refractivity (Wildman–Crippen MR) is 143 cm³/mol. The highest BCUT2D eigenvalue weighted by molar-refractivity contribution is 6.05. The van der Waals surface area contributed by atoms with Crippen LogP contribution in [-0.2, 0) is 7.05 Å². The van der Waals surface area contributed by atoms with Crippen LogP contribution < -0.4 is 15.1 Å². The highest BCUT2D eigenvalue weighted by atomic mass is 16.5. The normalized spacial score (nSPS) is 11.8. The summed E-state index contributed by atoms with van der Waals surface area (Å²) in [4.78, 5) is 13.5. The number of rotatable bonds is 4. The molecule has 8 heteroatoms. The third-order valence-electron chi connectivity index (χ3n) is 6.61. The van der Waals surface area contributed by atoms with E-state index in [1.807, 2.05) is 71.0 Å². The summed E-state index contributed by atoms with van der Waals surface area (Å²) in [6.07, 6.45) is 5.64. The van der Waals surface area contributed by atoms with Crippen molar-refractivity contribution < 1.29 is 9.47 Å². The molecule has 0 radical (unpaired) electrons. The molecule has 0 saturated carbocycles. The van der Waals surface area contributed by atoms with Crippen LogP contribution in [0.3, 0.4) is 0 Å². The van der Waals surface area contributed by atoms with Gasteiger partial charge in [-0.3, -0.25) is 14.5 Å². The minimum Gasteiger partial charge on any atom is -0.497 e. The lowest BCUT2D eigenvalue weighted by molar-refractivity contribution is 0.393. The third-order valence-corrected chi connectivity index (χ3v) is 6.61. The van der Waals surface area contributed by atoms with E-state index < -0.39 is 0 Å². The Morgan fingerprint density at radius 2 is 1.70 bits per heavy atom. The van der Waals surface area contributed by atoms with Crippen LogP contribution in [0.15, 0.2) is 84.1 Å². The quantitative estimate of drug-likeness (QED) is 0.322. The number of para-hydroxylation sites is 1. The van der Waals surface area contributed by atoms with E-state index in [-0.39, 0.29) is 0 Å². The van der Waals surface area contributed by atoms with Crippen LogP contribution in [0, 0.1) is 11.5 Å². The maximum Gasteiger partial charge on any atom is 0.226 e. The van der Waals surface area contributed by atoms with Gasteiger partial charge in [0.25, 0.3) is 0 Å². The summed E-state index contributed by atoms with van der Waals surface area (Å²) in [5, 5.41) is 11.5. The van der Waals surface area contributed by atoms with Gasteiger partial charge in [0.05, 0.1) is 48.2 Å². The van der Waals surface area contributed by atoms with Gasteiger partial charge in [-0.2, -0.15) is 5.26 Å². The lowest BCUT2D eigenvalue weighted by atomic mass is 10.0. The Balaban J connectivity index is 1.70. The Kier molecular flexibility index (Phi) is 5.31. The molecule has 0 amide bonds. The van der Waals surface area contributed by atoms with Crippen molar-refractivity contribution in [2.45, 2.75) is 0 Å². The van der Waals surface area contributed by atoms with Crippen molar-refractivity contribution in [3.8, 4) is 34.5 Å². The Labute approximate surface area is 212 Å². The standard InChI is InChI=1S/C29H22N6O2/c1-34-26-16-32-24-10-8-18(20-12-19-6-4-5-7-23(19)31-15-20)13-22(24)28(26)35(29(34)33-17-30)25-11-9-21(36-2)14-27(25)37-3/h4-16H,1-3H3. The molecular weight excluding hydrogens is 464 g/mol. The van der Waals surface area contributed by atoms with Gasteiger partial charge in [0.2, 0.25) is 11.8 Å². The largest absolute Gasteiger partial charge is 0.497 e. The average Bonchev–Trinajstić information content (AvgIpc) is 3.23. The minimum absolute atomic E-state index is 0.452. The van der Waals surface area contributed by atoms with E-state index in [9.17, 15) is 5.26 Å². The summed E-state index contributed by atoms with van der Waals surface area (Å²) in [5.41, 5.74) is 6.65. The monoisotopic (exact) mass is 486 g/mol. The number of fused-ring (bicyclic) bond motifs is 4. The molecule has 0 N–H and O–H groups in total. The lowest BCUT2D eigenvalue weighted by Crippen LogP contribution is -2.23. The van der Waals surface area contributed by atoms with E-state index in [1.165, 1.54) is 0 Å². The van der Waals surface area contributed by atoms with E-state index in [0.717, 1.165) is 49.7 Å². The van der Waals surface area contributed by atoms with Gasteiger partial charge in [0, 0.05) is 35.6 Å². The Hall–Kier alpha value is -5.16. The lowest BCUT2D eigenvalue weighted by Gasteiger charge is -2.13. The van der Waals surface area contributed by atoms with Gasteiger partial charge in [-0.05, 0) is 42.0 Å². The summed E-state index contributed by atoms with van der Waals surface area (Å²) >= 11 is 0. The number of pyridine rings is 2. The van der Waals surface area contributed by atoms with E-state index in [2.05, 4.69) is 34.2 Å². The van der Waals surface area contributed by atoms with Crippen LogP contribution in [0.5, 0.6) is 11.5 Å². The zero-order chi connectivity index (χ0) is 25.5. The van der Waals surface area contributed by atoms with Gasteiger partial charge >= 0.3 is 0 Å². The predicted octanol–water partition coefficient (Wildman–Crippen LogP) is 5.13. The number of ether oxygens (including phenoxy) is 2. The van der Waals surface area contributed by atoms with Crippen LogP contribution in [0.1, 0.15) is 0 Å². The van der Waals surface area contributed by atoms with Crippen LogP contribution in [0.4, 0.5) is 0 Å². The second kappa shape index (κ2) is 8.81. The highest BCUT2D eigenvalue weighted by Crippen LogP contribution is 2.34. The maximum atomic E-state index is 9.52. The van der Waals surface area contributed by atoms with Crippen LogP contribution in [0.2, 0.25) is 0 Å². The molecule has 0 bridgehead atoms. The van der Waals surface area contributed by atoms with Gasteiger partial charge in [0.15, 0.2) is 0 Å². The first-order chi connectivity index (χ1) is 18.1. The molecule has 0 aliphatic carbocycles. The first-order valence-corrected chi connectivity index (χ1v) is 11.6. The molecule has 180 valence electrons. The Morgan fingerprint density at radius 1 is 0.865 bits per heavy atom. The molecule has 3 aromatic carbocycles. The number of aromatic nitrogens is 4. The number of methoxy groups -OCH3 is 2. The summed E-state index contributed by atoms with van der Waals surface area (Å²) in [7, 11) is 5.09. The first-order valence-electron chi connectivity index (χ1n) is 11.6. The topological polar surface area (TPSA) is 90.2 Å². The molecule has 37 heavy (non-hydrogen) atoms. The van der Waals surface area contributed by atoms with Gasteiger partial charge < -0.3 is 14.0 Å². The average molecular weight is 487 g/mol. The molecule has 0 aliphatic rings. The van der Waals surface area contributed by atoms with Crippen molar-refractivity contribution in [3.05, 3.63) is 84.7 Å². The van der Waals surface area contributed by atoms with Gasteiger partial charge in [-0.15, -0.1) is 4.99 Å². The van der Waals surface area contributed by atoms with Crippen molar-refractivity contribution in [3.63, 3.8) is 0 Å². The molecule has 3 heterocycles. The molecule has 6 rings (SSSR count). The number of nitriles is 1. The van der Waals surface area contributed by atoms with Gasteiger partial charge in [-0.1, -0.05) is 24.3 Å². The molecule has 0 fully saturated rings. The number of imidazole rings is 1. The summed E-state index contributed by atoms with van der Waals surface area (Å²) in [5.74, 6) is 1.25. The van der Waals surface area contributed by atoms with Crippen LogP contribution in [0.25, 0.3) is 49.7 Å². The number of hydrogen-bond acceptors (Lipinski definition) is 6. The maximum absolute atomic E-state index is 9.52. The van der Waals surface area contributed by atoms with Crippen molar-refractivity contribution in [1.29, 1.82) is 5.26 Å². The van der Waals surface area contributed by atoms with Crippen molar-refractivity contribution in [2.24, 2.45) is 12.0 Å². The Bertz CT molecular complexity index is 1940. The second-order valence-corrected chi connectivity index (χ2v) is 8.58. The number of nitrogens with zero attached hydrogens (tertiary/aromatic N) is 6. The van der Waals surface area contributed by atoms with E-state index >= 15 is 0 Å². The minimum atomic E-state index is 0.452. The number of aryl methyl sites for hydroxylation is 1. The molecule has 3 aromatic heterocycles. The Morgan fingerprint density at radius 3 is 2.51 bits per heavy atom. The van der Waals surface area contributed by atoms with Crippen molar-refractivity contribution in [2.75, 3.05) is 14.2 Å². The molecule has 0 unspecified atom stereocenters. The summed E-state index contributed by atoms with van der Waals surface area (Å²) in [6, 6.07) is 21.9. The van der Waals surface area contributed by atoms with Crippen LogP contribution in [-0.4, -0.2) is 33.3 Å². The third kappa shape index (κ3) is 3.56. The van der Waals surface area contributed by atoms with E-state index in [4.69, 9.17) is 14.5 Å². The molecule has 0 atom stereocenters. The van der Waals surface area contributed by atoms with Crippen molar-refractivity contribution >= 4 is 32.8 Å². The molecule has 0 saturated heterocycles.